The number of pyridine rings is 1. The molecule has 0 aliphatic carbocycles. The lowest BCUT2D eigenvalue weighted by Crippen LogP contribution is -2.13. The highest BCUT2D eigenvalue weighted by Gasteiger charge is 2.19. The maximum Gasteiger partial charge on any atom is 0.112 e. The van der Waals surface area contributed by atoms with Gasteiger partial charge in [-0.1, -0.05) is 13.0 Å². The van der Waals surface area contributed by atoms with E-state index in [1.165, 1.54) is 23.9 Å². The molecule has 1 atom stereocenters. The van der Waals surface area contributed by atoms with E-state index in [1.807, 2.05) is 6.20 Å². The Bertz CT molecular complexity index is 495. The molecule has 1 N–H and O–H groups in total. The van der Waals surface area contributed by atoms with E-state index in [1.54, 1.807) is 0 Å². The Morgan fingerprint density at radius 2 is 2.50 bits per heavy atom. The molecule has 0 amide bonds. The maximum atomic E-state index is 4.48. The molecule has 16 heavy (non-hydrogen) atoms. The third kappa shape index (κ3) is 1.43. The SMILES string of the molecule is CCc1ncc2c(C3CCCN3)cccn12. The Morgan fingerprint density at radius 3 is 3.25 bits per heavy atom. The Balaban J connectivity index is 2.13. The van der Waals surface area contributed by atoms with Crippen LogP contribution in [0.2, 0.25) is 0 Å². The lowest BCUT2D eigenvalue weighted by Gasteiger charge is -2.12. The minimum absolute atomic E-state index is 0.519. The van der Waals surface area contributed by atoms with E-state index in [9.17, 15) is 0 Å². The van der Waals surface area contributed by atoms with E-state index in [2.05, 4.69) is 40.0 Å². The van der Waals surface area contributed by atoms with Gasteiger partial charge in [0.15, 0.2) is 0 Å². The second-order valence-electron chi connectivity index (χ2n) is 4.40. The zero-order valence-corrected chi connectivity index (χ0v) is 9.61. The van der Waals surface area contributed by atoms with Gasteiger partial charge >= 0.3 is 0 Å². The van der Waals surface area contributed by atoms with Crippen molar-refractivity contribution >= 4 is 5.52 Å². The molecule has 1 saturated heterocycles. The van der Waals surface area contributed by atoms with Crippen LogP contribution in [0.5, 0.6) is 0 Å². The average molecular weight is 215 g/mol. The number of hydrogen-bond donors (Lipinski definition) is 1. The molecular weight excluding hydrogens is 198 g/mol. The molecule has 0 bridgehead atoms. The Hall–Kier alpha value is -1.35. The number of aromatic nitrogens is 2. The lowest BCUT2D eigenvalue weighted by molar-refractivity contribution is 0.649. The first-order valence-electron chi connectivity index (χ1n) is 6.08. The Kier molecular flexibility index (Phi) is 2.40. The molecule has 0 radical (unpaired) electrons. The zero-order chi connectivity index (χ0) is 11.0. The van der Waals surface area contributed by atoms with E-state index < -0.39 is 0 Å². The van der Waals surface area contributed by atoms with Crippen LogP contribution in [0.25, 0.3) is 5.52 Å². The van der Waals surface area contributed by atoms with Crippen LogP contribution in [0.1, 0.15) is 37.2 Å². The topological polar surface area (TPSA) is 29.3 Å². The van der Waals surface area contributed by atoms with Gasteiger partial charge in [0.05, 0.1) is 11.7 Å². The quantitative estimate of drug-likeness (QED) is 0.833. The lowest BCUT2D eigenvalue weighted by atomic mass is 10.1. The predicted molar refractivity (Wildman–Crippen MR) is 64.5 cm³/mol. The van der Waals surface area contributed by atoms with Gasteiger partial charge in [-0.15, -0.1) is 0 Å². The van der Waals surface area contributed by atoms with Gasteiger partial charge in [0, 0.05) is 18.7 Å². The summed E-state index contributed by atoms with van der Waals surface area (Å²) >= 11 is 0. The van der Waals surface area contributed by atoms with Gasteiger partial charge in [-0.3, -0.25) is 0 Å². The van der Waals surface area contributed by atoms with Crippen LogP contribution in [0, 0.1) is 0 Å². The molecule has 0 spiro atoms. The van der Waals surface area contributed by atoms with Crippen molar-refractivity contribution in [3.8, 4) is 0 Å². The van der Waals surface area contributed by atoms with Gasteiger partial charge in [-0.2, -0.15) is 0 Å². The number of fused-ring (bicyclic) bond motifs is 1. The van der Waals surface area contributed by atoms with Crippen LogP contribution >= 0.6 is 0 Å². The van der Waals surface area contributed by atoms with Gasteiger partial charge in [0.1, 0.15) is 5.82 Å². The van der Waals surface area contributed by atoms with E-state index in [0.717, 1.165) is 18.8 Å². The summed E-state index contributed by atoms with van der Waals surface area (Å²) in [6.07, 6.45) is 7.62. The summed E-state index contributed by atoms with van der Waals surface area (Å²) in [5, 5.41) is 3.55. The molecule has 1 aliphatic rings. The molecule has 0 aromatic carbocycles. The van der Waals surface area contributed by atoms with Crippen molar-refractivity contribution in [2.45, 2.75) is 32.2 Å². The van der Waals surface area contributed by atoms with Crippen LogP contribution in [-0.4, -0.2) is 15.9 Å². The van der Waals surface area contributed by atoms with Gasteiger partial charge in [-0.25, -0.2) is 4.98 Å². The third-order valence-electron chi connectivity index (χ3n) is 3.43. The largest absolute Gasteiger partial charge is 0.310 e. The first-order chi connectivity index (χ1) is 7.90. The van der Waals surface area contributed by atoms with Gasteiger partial charge in [-0.05, 0) is 31.0 Å². The van der Waals surface area contributed by atoms with Crippen molar-refractivity contribution in [1.82, 2.24) is 14.7 Å². The summed E-state index contributed by atoms with van der Waals surface area (Å²) in [6, 6.07) is 4.87. The highest BCUT2D eigenvalue weighted by Crippen LogP contribution is 2.26. The van der Waals surface area contributed by atoms with Crippen molar-refractivity contribution in [3.05, 3.63) is 35.9 Å². The number of aryl methyl sites for hydroxylation is 1. The summed E-state index contributed by atoms with van der Waals surface area (Å²) in [4.78, 5) is 4.48. The molecule has 1 unspecified atom stereocenters. The number of imidazole rings is 1. The molecule has 1 fully saturated rings. The molecule has 84 valence electrons. The van der Waals surface area contributed by atoms with Crippen LogP contribution in [-0.2, 0) is 6.42 Å². The summed E-state index contributed by atoms with van der Waals surface area (Å²) < 4.78 is 2.22. The fourth-order valence-corrected chi connectivity index (χ4v) is 2.60. The molecule has 2 aromatic rings. The fourth-order valence-electron chi connectivity index (χ4n) is 2.60. The molecule has 3 rings (SSSR count). The molecule has 2 aromatic heterocycles. The van der Waals surface area contributed by atoms with Crippen molar-refractivity contribution in [1.29, 1.82) is 0 Å². The summed E-state index contributed by atoms with van der Waals surface area (Å²) in [6.45, 7) is 3.29. The Labute approximate surface area is 95.5 Å². The fraction of sp³-hybridized carbons (Fsp3) is 0.462. The molecule has 3 heteroatoms. The average Bonchev–Trinajstić information content (AvgIpc) is 2.97. The van der Waals surface area contributed by atoms with Crippen LogP contribution in [0.3, 0.4) is 0 Å². The standard InChI is InChI=1S/C13H17N3/c1-2-13-15-9-12-10(5-4-8-16(12)13)11-6-3-7-14-11/h4-5,8-9,11,14H,2-3,6-7H2,1H3. The second-order valence-corrected chi connectivity index (χ2v) is 4.40. The first-order valence-corrected chi connectivity index (χ1v) is 6.08. The smallest absolute Gasteiger partial charge is 0.112 e. The monoisotopic (exact) mass is 215 g/mol. The molecule has 3 heterocycles. The van der Waals surface area contributed by atoms with Gasteiger partial charge in [0.25, 0.3) is 0 Å². The van der Waals surface area contributed by atoms with E-state index in [4.69, 9.17) is 0 Å². The predicted octanol–water partition coefficient (Wildman–Crippen LogP) is 2.32. The van der Waals surface area contributed by atoms with Crippen molar-refractivity contribution in [2.75, 3.05) is 6.54 Å². The maximum absolute atomic E-state index is 4.48. The highest BCUT2D eigenvalue weighted by molar-refractivity contribution is 5.55. The van der Waals surface area contributed by atoms with Crippen molar-refractivity contribution in [3.63, 3.8) is 0 Å². The number of rotatable bonds is 2. The van der Waals surface area contributed by atoms with E-state index >= 15 is 0 Å². The Morgan fingerprint density at radius 1 is 1.56 bits per heavy atom. The van der Waals surface area contributed by atoms with Gasteiger partial charge in [0.2, 0.25) is 0 Å². The third-order valence-corrected chi connectivity index (χ3v) is 3.43. The first kappa shape index (κ1) is 9.85. The molecule has 0 saturated carbocycles. The summed E-state index contributed by atoms with van der Waals surface area (Å²) in [5.41, 5.74) is 2.66. The van der Waals surface area contributed by atoms with Crippen molar-refractivity contribution in [2.24, 2.45) is 0 Å². The molecule has 1 aliphatic heterocycles. The van der Waals surface area contributed by atoms with Gasteiger partial charge < -0.3 is 9.72 Å². The normalized spacial score (nSPS) is 20.7. The van der Waals surface area contributed by atoms with Crippen LogP contribution in [0.4, 0.5) is 0 Å². The number of nitrogens with one attached hydrogen (secondary N) is 1. The van der Waals surface area contributed by atoms with Crippen molar-refractivity contribution < 1.29 is 0 Å². The second kappa shape index (κ2) is 3.91. The minimum Gasteiger partial charge on any atom is -0.310 e. The van der Waals surface area contributed by atoms with E-state index in [-0.39, 0.29) is 0 Å². The molecule has 3 nitrogen and oxygen atoms in total. The number of nitrogens with zero attached hydrogens (tertiary/aromatic N) is 2. The highest BCUT2D eigenvalue weighted by atomic mass is 15.0. The van der Waals surface area contributed by atoms with Crippen LogP contribution < -0.4 is 5.32 Å². The van der Waals surface area contributed by atoms with Crippen LogP contribution in [0.15, 0.2) is 24.5 Å². The van der Waals surface area contributed by atoms with E-state index in [0.29, 0.717) is 6.04 Å². The molecular formula is C13H17N3. The summed E-state index contributed by atoms with van der Waals surface area (Å²) in [5.74, 6) is 1.15. The number of hydrogen-bond acceptors (Lipinski definition) is 2. The summed E-state index contributed by atoms with van der Waals surface area (Å²) in [7, 11) is 0. The minimum atomic E-state index is 0.519. The zero-order valence-electron chi connectivity index (χ0n) is 9.61.